The maximum Gasteiger partial charge on any atom is 1.00 e. The number of fused-ring (bicyclic) bond motifs is 1. The van der Waals surface area contributed by atoms with Gasteiger partial charge in [0.05, 0.1) is 23.0 Å². The van der Waals surface area contributed by atoms with Gasteiger partial charge in [0.1, 0.15) is 10.6 Å². The SMILES string of the molecule is CCOc1c(Cl)cccc1NC(=O)c1cc2ccccc2c(N=Nc2c(S(=O)(=O)O)ccc(Cl)c2CC)c1[O-].[Na+]. The van der Waals surface area contributed by atoms with Gasteiger partial charge in [0, 0.05) is 16.0 Å². The Kier molecular flexibility index (Phi) is 10.6. The molecular weight excluding hydrogens is 588 g/mol. The van der Waals surface area contributed by atoms with Crippen molar-refractivity contribution < 1.29 is 57.2 Å². The molecule has 0 heterocycles. The predicted molar refractivity (Wildman–Crippen MR) is 149 cm³/mol. The topological polar surface area (TPSA) is 140 Å². The van der Waals surface area contributed by atoms with Crippen LogP contribution in [0.1, 0.15) is 29.8 Å². The average molecular weight is 610 g/mol. The fraction of sp³-hybridized carbons (Fsp3) is 0.148. The van der Waals surface area contributed by atoms with E-state index >= 15 is 0 Å². The molecule has 0 aliphatic rings. The van der Waals surface area contributed by atoms with Gasteiger partial charge < -0.3 is 15.2 Å². The van der Waals surface area contributed by atoms with Crippen molar-refractivity contribution in [1.82, 2.24) is 0 Å². The van der Waals surface area contributed by atoms with Crippen LogP contribution in [0.3, 0.4) is 0 Å². The average Bonchev–Trinajstić information content (AvgIpc) is 2.89. The van der Waals surface area contributed by atoms with Gasteiger partial charge in [-0.15, -0.1) is 5.11 Å². The molecule has 13 heteroatoms. The molecule has 202 valence electrons. The van der Waals surface area contributed by atoms with E-state index in [9.17, 15) is 22.9 Å². The van der Waals surface area contributed by atoms with Gasteiger partial charge in [-0.3, -0.25) is 9.35 Å². The Morgan fingerprint density at radius 3 is 2.38 bits per heavy atom. The summed E-state index contributed by atoms with van der Waals surface area (Å²) in [7, 11) is -4.69. The summed E-state index contributed by atoms with van der Waals surface area (Å²) in [6.45, 7) is 3.79. The number of nitrogens with zero attached hydrogens (tertiary/aromatic N) is 2. The molecule has 0 atom stereocenters. The van der Waals surface area contributed by atoms with Crippen LogP contribution in [-0.4, -0.2) is 25.5 Å². The molecule has 0 aliphatic carbocycles. The molecule has 0 fully saturated rings. The van der Waals surface area contributed by atoms with Gasteiger partial charge >= 0.3 is 29.6 Å². The normalized spacial score (nSPS) is 11.4. The molecule has 4 aromatic carbocycles. The summed E-state index contributed by atoms with van der Waals surface area (Å²) in [4.78, 5) is 12.8. The van der Waals surface area contributed by atoms with Crippen LogP contribution in [-0.2, 0) is 16.5 Å². The number of amides is 1. The van der Waals surface area contributed by atoms with E-state index in [4.69, 9.17) is 27.9 Å². The van der Waals surface area contributed by atoms with E-state index in [1.165, 1.54) is 12.1 Å². The molecule has 40 heavy (non-hydrogen) atoms. The van der Waals surface area contributed by atoms with Gasteiger partial charge in [-0.1, -0.05) is 66.2 Å². The molecule has 0 spiro atoms. The third kappa shape index (κ3) is 6.60. The van der Waals surface area contributed by atoms with Gasteiger partial charge in [-0.2, -0.15) is 13.5 Å². The minimum absolute atomic E-state index is 0. The molecule has 2 N–H and O–H groups in total. The van der Waals surface area contributed by atoms with Crippen molar-refractivity contribution in [3.63, 3.8) is 0 Å². The van der Waals surface area contributed by atoms with Gasteiger partial charge in [-0.05, 0) is 54.6 Å². The van der Waals surface area contributed by atoms with Crippen LogP contribution < -0.4 is 44.7 Å². The van der Waals surface area contributed by atoms with E-state index in [0.29, 0.717) is 22.9 Å². The van der Waals surface area contributed by atoms with Crippen LogP contribution in [0.2, 0.25) is 10.0 Å². The molecule has 0 saturated carbocycles. The van der Waals surface area contributed by atoms with Crippen molar-refractivity contribution in [3.05, 3.63) is 81.8 Å². The number of nitrogens with one attached hydrogen (secondary N) is 1. The Morgan fingerprint density at radius 1 is 1.00 bits per heavy atom. The maximum absolute atomic E-state index is 13.6. The first kappa shape index (κ1) is 31.8. The molecule has 0 aromatic heterocycles. The number of para-hydroxylation sites is 1. The fourth-order valence-corrected chi connectivity index (χ4v) is 5.17. The molecule has 4 aromatic rings. The summed E-state index contributed by atoms with van der Waals surface area (Å²) < 4.78 is 39.3. The van der Waals surface area contributed by atoms with Crippen molar-refractivity contribution in [2.75, 3.05) is 11.9 Å². The summed E-state index contributed by atoms with van der Waals surface area (Å²) in [5.74, 6) is -1.22. The number of carbonyl (C=O) groups is 1. The monoisotopic (exact) mass is 609 g/mol. The first-order valence-electron chi connectivity index (χ1n) is 11.7. The molecular formula is C27H22Cl2N3NaO6S. The zero-order valence-corrected chi connectivity index (χ0v) is 26.1. The molecule has 1 amide bonds. The van der Waals surface area contributed by atoms with Crippen LogP contribution in [0.25, 0.3) is 10.8 Å². The van der Waals surface area contributed by atoms with Gasteiger partial charge in [0.2, 0.25) is 0 Å². The van der Waals surface area contributed by atoms with E-state index in [-0.39, 0.29) is 74.4 Å². The quantitative estimate of drug-likeness (QED) is 0.175. The number of hydrogen-bond acceptors (Lipinski definition) is 7. The standard InChI is InChI=1S/C27H23Cl2N3O6S.Na/c1-3-16-19(28)12-13-22(39(35,36)37)23(16)31-32-24-17-9-6-5-8-15(17)14-18(25(24)33)27(34)30-21-11-7-10-20(29)26(21)38-4-2;/h5-14,33H,3-4H2,1-2H3,(H,30,34)(H,35,36,37);/q;+1/p-1. The van der Waals surface area contributed by atoms with E-state index in [1.54, 1.807) is 56.3 Å². The zero-order chi connectivity index (χ0) is 28.3. The molecule has 4 rings (SSSR count). The third-order valence-electron chi connectivity index (χ3n) is 5.79. The Morgan fingerprint density at radius 2 is 1.70 bits per heavy atom. The maximum atomic E-state index is 13.6. The Bertz CT molecular complexity index is 1730. The van der Waals surface area contributed by atoms with Gasteiger partial charge in [-0.25, -0.2) is 0 Å². The summed E-state index contributed by atoms with van der Waals surface area (Å²) in [5.41, 5.74) is -0.0503. The summed E-state index contributed by atoms with van der Waals surface area (Å²) in [6.07, 6.45) is 0.270. The van der Waals surface area contributed by atoms with Crippen LogP contribution >= 0.6 is 23.2 Å². The third-order valence-corrected chi connectivity index (χ3v) is 7.33. The second-order valence-electron chi connectivity index (χ2n) is 8.23. The minimum atomic E-state index is -4.69. The van der Waals surface area contributed by atoms with Crippen LogP contribution in [0.4, 0.5) is 17.1 Å². The second kappa shape index (κ2) is 13.3. The number of anilines is 1. The largest absolute Gasteiger partial charge is 1.00 e. The smallest absolute Gasteiger partial charge is 0.870 e. The molecule has 0 saturated heterocycles. The van der Waals surface area contributed by atoms with Crippen LogP contribution in [0.15, 0.2) is 75.8 Å². The molecule has 0 unspecified atom stereocenters. The predicted octanol–water partition coefficient (Wildman–Crippen LogP) is 4.10. The van der Waals surface area contributed by atoms with Crippen molar-refractivity contribution in [3.8, 4) is 11.5 Å². The summed E-state index contributed by atoms with van der Waals surface area (Å²) in [6, 6.07) is 15.4. The van der Waals surface area contributed by atoms with Crippen molar-refractivity contribution in [2.24, 2.45) is 10.2 Å². The number of ether oxygens (including phenoxy) is 1. The van der Waals surface area contributed by atoms with E-state index in [0.717, 1.165) is 6.07 Å². The Hall–Kier alpha value is -2.70. The number of carbonyl (C=O) groups excluding carboxylic acids is 1. The van der Waals surface area contributed by atoms with Gasteiger partial charge in [0.25, 0.3) is 16.0 Å². The number of rotatable bonds is 8. The first-order chi connectivity index (χ1) is 18.6. The Balaban J connectivity index is 0.00000441. The molecule has 0 radical (unpaired) electrons. The van der Waals surface area contributed by atoms with Crippen LogP contribution in [0.5, 0.6) is 11.5 Å². The minimum Gasteiger partial charge on any atom is -0.870 e. The summed E-state index contributed by atoms with van der Waals surface area (Å²) in [5, 5.41) is 25.8. The van der Waals surface area contributed by atoms with Crippen molar-refractivity contribution in [2.45, 2.75) is 25.2 Å². The van der Waals surface area contributed by atoms with Gasteiger partial charge in [0.15, 0.2) is 5.75 Å². The zero-order valence-electron chi connectivity index (χ0n) is 21.7. The molecule has 0 aliphatic heterocycles. The van der Waals surface area contributed by atoms with Crippen molar-refractivity contribution in [1.29, 1.82) is 0 Å². The number of halogens is 2. The fourth-order valence-electron chi connectivity index (χ4n) is 4.01. The number of hydrogen-bond donors (Lipinski definition) is 2. The van der Waals surface area contributed by atoms with Crippen molar-refractivity contribution >= 4 is 67.1 Å². The second-order valence-corrected chi connectivity index (χ2v) is 10.4. The van der Waals surface area contributed by atoms with Crippen LogP contribution in [0, 0.1) is 0 Å². The number of azo groups is 1. The Labute approximate surface area is 263 Å². The summed E-state index contributed by atoms with van der Waals surface area (Å²) >= 11 is 12.5. The molecule has 9 nitrogen and oxygen atoms in total. The van der Waals surface area contributed by atoms with E-state index < -0.39 is 26.7 Å². The van der Waals surface area contributed by atoms with E-state index in [1.807, 2.05) is 0 Å². The first-order valence-corrected chi connectivity index (χ1v) is 13.9. The number of benzene rings is 4. The molecule has 0 bridgehead atoms. The van der Waals surface area contributed by atoms with E-state index in [2.05, 4.69) is 15.5 Å².